The van der Waals surface area contributed by atoms with Gasteiger partial charge < -0.3 is 19.7 Å². The third-order valence-corrected chi connectivity index (χ3v) is 6.12. The van der Waals surface area contributed by atoms with Gasteiger partial charge in [-0.25, -0.2) is 4.39 Å². The van der Waals surface area contributed by atoms with Crippen molar-refractivity contribution in [2.24, 2.45) is 5.92 Å². The number of nitrogens with zero attached hydrogens (tertiary/aromatic N) is 1. The fourth-order valence-electron chi connectivity index (χ4n) is 4.40. The highest BCUT2D eigenvalue weighted by Gasteiger charge is 2.42. The van der Waals surface area contributed by atoms with Crippen LogP contribution in [0.1, 0.15) is 30.0 Å². The molecule has 0 aliphatic carbocycles. The Morgan fingerprint density at radius 3 is 2.38 bits per heavy atom. The number of piperidine rings is 1. The molecule has 2 amide bonds. The average Bonchev–Trinajstić information content (AvgIpc) is 2.88. The van der Waals surface area contributed by atoms with Gasteiger partial charge in [0, 0.05) is 24.2 Å². The highest BCUT2D eigenvalue weighted by Crippen LogP contribution is 2.43. The first-order chi connectivity index (χ1) is 16.5. The number of methoxy groups -OCH3 is 2. The van der Waals surface area contributed by atoms with Crippen LogP contribution in [0.2, 0.25) is 0 Å². The first kappa shape index (κ1) is 23.3. The third-order valence-electron chi connectivity index (χ3n) is 6.12. The van der Waals surface area contributed by atoms with E-state index >= 15 is 0 Å². The van der Waals surface area contributed by atoms with Crippen LogP contribution in [0.25, 0.3) is 0 Å². The van der Waals surface area contributed by atoms with Gasteiger partial charge >= 0.3 is 0 Å². The molecule has 7 heteroatoms. The summed E-state index contributed by atoms with van der Waals surface area (Å²) in [6.07, 6.45) is 0.649. The van der Waals surface area contributed by atoms with Crippen molar-refractivity contribution in [2.75, 3.05) is 19.1 Å². The molecule has 2 unspecified atom stereocenters. The molecule has 0 radical (unpaired) electrons. The number of ether oxygens (including phenoxy) is 2. The van der Waals surface area contributed by atoms with Gasteiger partial charge in [-0.05, 0) is 54.4 Å². The fraction of sp³-hybridized carbons (Fsp3) is 0.259. The molecule has 0 saturated carbocycles. The molecule has 0 bridgehead atoms. The Bertz CT molecular complexity index is 1150. The molecule has 1 saturated heterocycles. The van der Waals surface area contributed by atoms with Crippen LogP contribution in [0.5, 0.6) is 11.5 Å². The number of amides is 2. The van der Waals surface area contributed by atoms with Gasteiger partial charge in [-0.2, -0.15) is 0 Å². The molecule has 1 heterocycles. The van der Waals surface area contributed by atoms with E-state index in [1.807, 2.05) is 36.4 Å². The highest BCUT2D eigenvalue weighted by atomic mass is 19.1. The molecule has 1 aliphatic rings. The Morgan fingerprint density at radius 2 is 1.71 bits per heavy atom. The minimum absolute atomic E-state index is 0.0661. The van der Waals surface area contributed by atoms with Gasteiger partial charge in [0.15, 0.2) is 0 Å². The zero-order valence-electron chi connectivity index (χ0n) is 19.2. The molecule has 1 aliphatic heterocycles. The van der Waals surface area contributed by atoms with E-state index in [0.29, 0.717) is 23.6 Å². The van der Waals surface area contributed by atoms with E-state index in [1.165, 1.54) is 12.1 Å². The molecule has 4 rings (SSSR count). The monoisotopic (exact) mass is 462 g/mol. The summed E-state index contributed by atoms with van der Waals surface area (Å²) in [6, 6.07) is 20.1. The first-order valence-electron chi connectivity index (χ1n) is 11.1. The smallest absolute Gasteiger partial charge is 0.227 e. The SMILES string of the molecule is COc1ccc(N2C(=O)CCC(C(=O)NCc3ccc(F)cc3)C2c2ccccc2OC)cc1. The van der Waals surface area contributed by atoms with Crippen LogP contribution in [0.4, 0.5) is 10.1 Å². The maximum Gasteiger partial charge on any atom is 0.227 e. The van der Waals surface area contributed by atoms with Gasteiger partial charge in [0.25, 0.3) is 0 Å². The first-order valence-corrected chi connectivity index (χ1v) is 11.1. The lowest BCUT2D eigenvalue weighted by molar-refractivity contribution is -0.129. The second kappa shape index (κ2) is 10.4. The Labute approximate surface area is 198 Å². The molecule has 3 aromatic carbocycles. The van der Waals surface area contributed by atoms with E-state index in [0.717, 1.165) is 11.1 Å². The van der Waals surface area contributed by atoms with Crippen molar-refractivity contribution in [1.29, 1.82) is 0 Å². The minimum atomic E-state index is -0.556. The third kappa shape index (κ3) is 4.88. The Balaban J connectivity index is 1.69. The summed E-state index contributed by atoms with van der Waals surface area (Å²) in [7, 11) is 3.16. The number of rotatable bonds is 7. The van der Waals surface area contributed by atoms with Crippen molar-refractivity contribution in [3.8, 4) is 11.5 Å². The van der Waals surface area contributed by atoms with E-state index in [4.69, 9.17) is 9.47 Å². The molecule has 0 aromatic heterocycles. The molecule has 6 nitrogen and oxygen atoms in total. The molecule has 2 atom stereocenters. The van der Waals surface area contributed by atoms with Crippen molar-refractivity contribution in [2.45, 2.75) is 25.4 Å². The second-order valence-corrected chi connectivity index (χ2v) is 8.14. The predicted molar refractivity (Wildman–Crippen MR) is 127 cm³/mol. The molecule has 1 fully saturated rings. The maximum atomic E-state index is 13.4. The summed E-state index contributed by atoms with van der Waals surface area (Å²) >= 11 is 0. The lowest BCUT2D eigenvalue weighted by atomic mass is 9.82. The van der Waals surface area contributed by atoms with Crippen molar-refractivity contribution >= 4 is 17.5 Å². The largest absolute Gasteiger partial charge is 0.497 e. The summed E-state index contributed by atoms with van der Waals surface area (Å²) < 4.78 is 24.1. The summed E-state index contributed by atoms with van der Waals surface area (Å²) in [5.74, 6) is 0.214. The zero-order valence-corrected chi connectivity index (χ0v) is 19.2. The standard InChI is InChI=1S/C27H27FN2O4/c1-33-21-13-11-20(12-14-21)30-25(31)16-15-23(26(30)22-5-3-4-6-24(22)34-2)27(32)29-17-18-7-9-19(28)10-8-18/h3-14,23,26H,15-17H2,1-2H3,(H,29,32). The normalized spacial score (nSPS) is 17.9. The number of nitrogens with one attached hydrogen (secondary N) is 1. The predicted octanol–water partition coefficient (Wildman–Crippen LogP) is 4.64. The van der Waals surface area contributed by atoms with E-state index in [9.17, 15) is 14.0 Å². The number of halogens is 1. The Hall–Kier alpha value is -3.87. The van der Waals surface area contributed by atoms with E-state index in [1.54, 1.807) is 43.4 Å². The number of hydrogen-bond donors (Lipinski definition) is 1. The molecule has 3 aromatic rings. The van der Waals surface area contributed by atoms with Crippen LogP contribution in [-0.2, 0) is 16.1 Å². The van der Waals surface area contributed by atoms with Gasteiger partial charge in [-0.15, -0.1) is 0 Å². The molecule has 0 spiro atoms. The maximum absolute atomic E-state index is 13.4. The van der Waals surface area contributed by atoms with Crippen molar-refractivity contribution < 1.29 is 23.5 Å². The van der Waals surface area contributed by atoms with Crippen LogP contribution in [0, 0.1) is 11.7 Å². The van der Waals surface area contributed by atoms with Gasteiger partial charge in [-0.1, -0.05) is 30.3 Å². The van der Waals surface area contributed by atoms with Crippen LogP contribution < -0.4 is 19.7 Å². The van der Waals surface area contributed by atoms with Crippen LogP contribution in [-0.4, -0.2) is 26.0 Å². The molecular formula is C27H27FN2O4. The van der Waals surface area contributed by atoms with Crippen molar-refractivity contribution in [3.63, 3.8) is 0 Å². The average molecular weight is 463 g/mol. The van der Waals surface area contributed by atoms with Crippen LogP contribution in [0.15, 0.2) is 72.8 Å². The quantitative estimate of drug-likeness (QED) is 0.555. The van der Waals surface area contributed by atoms with Gasteiger partial charge in [0.2, 0.25) is 11.8 Å². The fourth-order valence-corrected chi connectivity index (χ4v) is 4.40. The number of anilines is 1. The van der Waals surface area contributed by atoms with E-state index in [2.05, 4.69) is 5.32 Å². The summed E-state index contributed by atoms with van der Waals surface area (Å²) in [5.41, 5.74) is 2.23. The van der Waals surface area contributed by atoms with E-state index in [-0.39, 0.29) is 30.6 Å². The number of carbonyl (C=O) groups is 2. The Kier molecular flexibility index (Phi) is 7.11. The molecular weight excluding hydrogens is 435 g/mol. The van der Waals surface area contributed by atoms with Gasteiger partial charge in [0.1, 0.15) is 17.3 Å². The Morgan fingerprint density at radius 1 is 1.00 bits per heavy atom. The lowest BCUT2D eigenvalue weighted by Crippen LogP contribution is -2.48. The molecule has 176 valence electrons. The summed E-state index contributed by atoms with van der Waals surface area (Å²) in [5, 5.41) is 2.97. The number of benzene rings is 3. The number of para-hydroxylation sites is 1. The number of carbonyl (C=O) groups excluding carboxylic acids is 2. The summed E-state index contributed by atoms with van der Waals surface area (Å²) in [4.78, 5) is 28.3. The topological polar surface area (TPSA) is 67.9 Å². The summed E-state index contributed by atoms with van der Waals surface area (Å²) in [6.45, 7) is 0.269. The van der Waals surface area contributed by atoms with Gasteiger partial charge in [0.05, 0.1) is 26.2 Å². The van der Waals surface area contributed by atoms with Gasteiger partial charge in [-0.3, -0.25) is 9.59 Å². The van der Waals surface area contributed by atoms with E-state index < -0.39 is 12.0 Å². The molecule has 1 N–H and O–H groups in total. The number of hydrogen-bond acceptors (Lipinski definition) is 4. The van der Waals surface area contributed by atoms with Crippen LogP contribution in [0.3, 0.4) is 0 Å². The molecule has 34 heavy (non-hydrogen) atoms. The lowest BCUT2D eigenvalue weighted by Gasteiger charge is -2.41. The zero-order chi connectivity index (χ0) is 24.1. The van der Waals surface area contributed by atoms with Crippen LogP contribution >= 0.6 is 0 Å². The van der Waals surface area contributed by atoms with Crippen molar-refractivity contribution in [3.05, 3.63) is 89.7 Å². The van der Waals surface area contributed by atoms with Crippen molar-refractivity contribution in [1.82, 2.24) is 5.32 Å². The minimum Gasteiger partial charge on any atom is -0.497 e. The second-order valence-electron chi connectivity index (χ2n) is 8.14. The highest BCUT2D eigenvalue weighted by molar-refractivity contribution is 5.97.